The van der Waals surface area contributed by atoms with Gasteiger partial charge in [-0.1, -0.05) is 0 Å². The Kier molecular flexibility index (Phi) is 11.1. The summed E-state index contributed by atoms with van der Waals surface area (Å²) >= 11 is -2.50. The Hall–Kier alpha value is -1.22. The van der Waals surface area contributed by atoms with Crippen molar-refractivity contribution in [1.29, 1.82) is 0 Å². The van der Waals surface area contributed by atoms with Gasteiger partial charge in [0.2, 0.25) is 0 Å². The van der Waals surface area contributed by atoms with Crippen LogP contribution in [0.1, 0.15) is 70.4 Å². The fourth-order valence-electron chi connectivity index (χ4n) is 4.55. The summed E-state index contributed by atoms with van der Waals surface area (Å²) in [5, 5.41) is 0. The topological polar surface area (TPSA) is 3.24 Å². The van der Waals surface area contributed by atoms with Crippen LogP contribution in [0, 0.1) is 0 Å². The molecule has 0 aliphatic rings. The van der Waals surface area contributed by atoms with Crippen molar-refractivity contribution >= 4 is 39.8 Å². The fourth-order valence-corrected chi connectivity index (χ4v) is 21.6. The molecule has 0 aliphatic carbocycles. The van der Waals surface area contributed by atoms with Gasteiger partial charge in [-0.3, -0.25) is 0 Å². The number of hydrogen-bond acceptors (Lipinski definition) is 1. The number of hydrogen-bond donors (Lipinski definition) is 0. The van der Waals surface area contributed by atoms with Crippen molar-refractivity contribution in [1.82, 2.24) is 0 Å². The van der Waals surface area contributed by atoms with Crippen LogP contribution in [0.5, 0.6) is 0 Å². The number of rotatable bonds is 13. The van der Waals surface area contributed by atoms with E-state index in [2.05, 4.69) is 100 Å². The van der Waals surface area contributed by atoms with E-state index in [9.17, 15) is 0 Å². The molecule has 1 nitrogen and oxygen atoms in total. The van der Waals surface area contributed by atoms with Gasteiger partial charge in [-0.15, -0.1) is 0 Å². The van der Waals surface area contributed by atoms with Crippen molar-refractivity contribution < 1.29 is 0 Å². The SMILES string of the molecule is CCC[CH2][Sn]([CH2]CCC)([CH2]CCC)[c]1cc(/C=C/c2ccccc2)ccc1N(C)C. The summed E-state index contributed by atoms with van der Waals surface area (Å²) in [6.45, 7) is 7.09. The molecular formula is C28H43NSn. The van der Waals surface area contributed by atoms with Gasteiger partial charge >= 0.3 is 191 Å². The van der Waals surface area contributed by atoms with Crippen molar-refractivity contribution in [2.45, 2.75) is 72.6 Å². The van der Waals surface area contributed by atoms with Gasteiger partial charge in [0.25, 0.3) is 0 Å². The molecule has 0 atom stereocenters. The predicted octanol–water partition coefficient (Wildman–Crippen LogP) is 7.98. The Balaban J connectivity index is 2.52. The molecule has 0 bridgehead atoms. The molecule has 0 spiro atoms. The van der Waals surface area contributed by atoms with Gasteiger partial charge in [0.1, 0.15) is 0 Å². The molecule has 30 heavy (non-hydrogen) atoms. The van der Waals surface area contributed by atoms with Crippen LogP contribution < -0.4 is 8.48 Å². The molecule has 2 rings (SSSR count). The zero-order valence-corrected chi connectivity index (χ0v) is 22.9. The quantitative estimate of drug-likeness (QED) is 0.194. The third-order valence-electron chi connectivity index (χ3n) is 6.37. The molecule has 0 unspecified atom stereocenters. The van der Waals surface area contributed by atoms with Gasteiger partial charge in [0.15, 0.2) is 0 Å². The molecular weight excluding hydrogens is 469 g/mol. The summed E-state index contributed by atoms with van der Waals surface area (Å²) in [6.07, 6.45) is 12.7. The zero-order chi connectivity index (χ0) is 21.8. The summed E-state index contributed by atoms with van der Waals surface area (Å²) in [7, 11) is 4.46. The van der Waals surface area contributed by atoms with Crippen LogP contribution >= 0.6 is 0 Å². The van der Waals surface area contributed by atoms with E-state index in [0.717, 1.165) is 0 Å². The normalized spacial score (nSPS) is 11.9. The average molecular weight is 512 g/mol. The summed E-state index contributed by atoms with van der Waals surface area (Å²) in [5.74, 6) is 0. The summed E-state index contributed by atoms with van der Waals surface area (Å²) in [5.41, 5.74) is 4.13. The van der Waals surface area contributed by atoms with E-state index in [1.165, 1.54) is 68.6 Å². The molecule has 0 fully saturated rings. The molecule has 0 aromatic heterocycles. The van der Waals surface area contributed by atoms with Crippen LogP contribution in [0.15, 0.2) is 48.5 Å². The second kappa shape index (κ2) is 13.2. The molecule has 164 valence electrons. The zero-order valence-electron chi connectivity index (χ0n) is 20.1. The molecule has 0 saturated heterocycles. The van der Waals surface area contributed by atoms with Gasteiger partial charge in [-0.2, -0.15) is 0 Å². The summed E-state index contributed by atoms with van der Waals surface area (Å²) in [6, 6.07) is 18.0. The van der Waals surface area contributed by atoms with Crippen molar-refractivity contribution in [2.75, 3.05) is 19.0 Å². The Morgan fingerprint density at radius 1 is 0.700 bits per heavy atom. The minimum atomic E-state index is -2.50. The molecule has 2 aromatic rings. The first kappa shape index (κ1) is 25.0. The summed E-state index contributed by atoms with van der Waals surface area (Å²) in [4.78, 5) is 2.37. The summed E-state index contributed by atoms with van der Waals surface area (Å²) < 4.78 is 6.31. The van der Waals surface area contributed by atoms with Gasteiger partial charge in [-0.25, -0.2) is 0 Å². The number of benzene rings is 2. The van der Waals surface area contributed by atoms with E-state index < -0.39 is 18.4 Å². The molecule has 0 N–H and O–H groups in total. The predicted molar refractivity (Wildman–Crippen MR) is 141 cm³/mol. The molecule has 0 heterocycles. The van der Waals surface area contributed by atoms with E-state index in [4.69, 9.17) is 0 Å². The van der Waals surface area contributed by atoms with Crippen molar-refractivity contribution in [3.63, 3.8) is 0 Å². The van der Waals surface area contributed by atoms with E-state index >= 15 is 0 Å². The Morgan fingerprint density at radius 2 is 1.23 bits per heavy atom. The van der Waals surface area contributed by atoms with E-state index in [1.807, 2.05) is 0 Å². The molecule has 2 heteroatoms. The van der Waals surface area contributed by atoms with Crippen LogP contribution in [0.2, 0.25) is 13.3 Å². The van der Waals surface area contributed by atoms with Crippen molar-refractivity contribution in [3.05, 3.63) is 59.7 Å². The Bertz CT molecular complexity index is 742. The third kappa shape index (κ3) is 7.18. The van der Waals surface area contributed by atoms with Gasteiger partial charge in [0, 0.05) is 0 Å². The van der Waals surface area contributed by atoms with E-state index in [1.54, 1.807) is 3.58 Å². The van der Waals surface area contributed by atoms with Crippen LogP contribution in [0.4, 0.5) is 5.69 Å². The van der Waals surface area contributed by atoms with Crippen LogP contribution in [0.25, 0.3) is 12.2 Å². The van der Waals surface area contributed by atoms with Gasteiger partial charge < -0.3 is 0 Å². The molecule has 0 aliphatic heterocycles. The van der Waals surface area contributed by atoms with Gasteiger partial charge in [0.05, 0.1) is 0 Å². The van der Waals surface area contributed by atoms with Crippen LogP contribution in [-0.2, 0) is 0 Å². The monoisotopic (exact) mass is 513 g/mol. The molecule has 0 saturated carbocycles. The maximum atomic E-state index is 2.59. The first-order chi connectivity index (χ1) is 14.6. The van der Waals surface area contributed by atoms with E-state index in [0.29, 0.717) is 0 Å². The van der Waals surface area contributed by atoms with Crippen LogP contribution in [0.3, 0.4) is 0 Å². The second-order valence-electron chi connectivity index (χ2n) is 9.01. The standard InChI is InChI=1S/C16H16N.3C4H9.Sn/c1-17(2)16-12-10-15(11-13-16)9-8-14-6-4-3-5-7-14;3*1-3-4-2;/h3-12H,1-2H3;3*1,3-4H2,2H3;/b9-8+;;;;. The molecule has 2 aromatic carbocycles. The second-order valence-corrected chi connectivity index (χ2v) is 22.1. The van der Waals surface area contributed by atoms with Crippen molar-refractivity contribution in [2.24, 2.45) is 0 Å². The molecule has 0 radical (unpaired) electrons. The number of unbranched alkanes of at least 4 members (excludes halogenated alkanes) is 3. The fraction of sp³-hybridized carbons (Fsp3) is 0.500. The van der Waals surface area contributed by atoms with Crippen molar-refractivity contribution in [3.8, 4) is 0 Å². The first-order valence-electron chi connectivity index (χ1n) is 12.1. The van der Waals surface area contributed by atoms with E-state index in [-0.39, 0.29) is 0 Å². The average Bonchev–Trinajstić information content (AvgIpc) is 2.78. The van der Waals surface area contributed by atoms with Gasteiger partial charge in [-0.05, 0) is 0 Å². The number of anilines is 1. The molecule has 0 amide bonds. The minimum absolute atomic E-state index is 1.27. The Labute approximate surface area is 190 Å². The number of nitrogens with zero attached hydrogens (tertiary/aromatic N) is 1. The third-order valence-corrected chi connectivity index (χ3v) is 22.0. The van der Waals surface area contributed by atoms with Crippen LogP contribution in [-0.4, -0.2) is 32.5 Å². The first-order valence-corrected chi connectivity index (χ1v) is 19.6. The maximum absolute atomic E-state index is 2.59. The Morgan fingerprint density at radius 3 is 1.73 bits per heavy atom.